The topological polar surface area (TPSA) is 84.2 Å². The lowest BCUT2D eigenvalue weighted by molar-refractivity contribution is -0.102. The molecule has 1 aliphatic heterocycles. The number of ether oxygens (including phenoxy) is 1. The van der Waals surface area contributed by atoms with Crippen LogP contribution in [-0.2, 0) is 16.1 Å². The second-order valence-corrected chi connectivity index (χ2v) is 6.28. The molecule has 2 heterocycles. The molecule has 7 nitrogen and oxygen atoms in total. The van der Waals surface area contributed by atoms with E-state index in [-0.39, 0.29) is 12.3 Å². The third-order valence-electron chi connectivity index (χ3n) is 2.77. The van der Waals surface area contributed by atoms with E-state index in [1.54, 1.807) is 39.1 Å². The average molecular weight is 337 g/mol. The fourth-order valence-corrected chi connectivity index (χ4v) is 1.92. The zero-order chi connectivity index (χ0) is 17.0. The largest absolute Gasteiger partial charge is 0.444 e. The molecule has 1 aromatic heterocycles. The van der Waals surface area contributed by atoms with Crippen LogP contribution in [0, 0.1) is 0 Å². The van der Waals surface area contributed by atoms with Crippen LogP contribution >= 0.6 is 11.6 Å². The fourth-order valence-electron chi connectivity index (χ4n) is 1.81. The summed E-state index contributed by atoms with van der Waals surface area (Å²) in [7, 11) is 0. The molecule has 8 heteroatoms. The van der Waals surface area contributed by atoms with Crippen molar-refractivity contribution >= 4 is 35.9 Å². The normalized spacial score (nSPS) is 16.9. The van der Waals surface area contributed by atoms with Gasteiger partial charge in [-0.3, -0.25) is 9.69 Å². The minimum atomic E-state index is -0.833. The van der Waals surface area contributed by atoms with Crippen LogP contribution in [0.3, 0.4) is 0 Å². The van der Waals surface area contributed by atoms with Crippen molar-refractivity contribution in [1.82, 2.24) is 9.88 Å². The van der Waals surface area contributed by atoms with Gasteiger partial charge in [-0.25, -0.2) is 19.8 Å². The number of carbonyl (C=O) groups is 2. The SMILES string of the molecule is CC(C)(C)OC(=O)N(Cc1ccc(Cl)nc1)C1N=CC(C=O)=N1. The molecule has 0 fully saturated rings. The highest BCUT2D eigenvalue weighted by atomic mass is 35.5. The molecule has 0 saturated heterocycles. The first kappa shape index (κ1) is 17.1. The number of hydrogen-bond donors (Lipinski definition) is 0. The summed E-state index contributed by atoms with van der Waals surface area (Å²) >= 11 is 5.76. The van der Waals surface area contributed by atoms with Gasteiger partial charge in [0.2, 0.25) is 6.29 Å². The Morgan fingerprint density at radius 3 is 2.70 bits per heavy atom. The Morgan fingerprint density at radius 2 is 2.17 bits per heavy atom. The average Bonchev–Trinajstić information content (AvgIpc) is 2.93. The van der Waals surface area contributed by atoms with Crippen molar-refractivity contribution in [2.45, 2.75) is 39.2 Å². The summed E-state index contributed by atoms with van der Waals surface area (Å²) in [6.45, 7) is 5.48. The van der Waals surface area contributed by atoms with Crippen molar-refractivity contribution in [1.29, 1.82) is 0 Å². The number of hydrogen-bond acceptors (Lipinski definition) is 6. The first-order chi connectivity index (χ1) is 10.8. The zero-order valence-electron chi connectivity index (χ0n) is 13.1. The number of amides is 1. The molecule has 0 aliphatic carbocycles. The van der Waals surface area contributed by atoms with Crippen LogP contribution in [-0.4, -0.2) is 46.1 Å². The maximum absolute atomic E-state index is 12.4. The van der Waals surface area contributed by atoms with Crippen LogP contribution in [0.2, 0.25) is 5.15 Å². The zero-order valence-corrected chi connectivity index (χ0v) is 13.8. The van der Waals surface area contributed by atoms with Crippen molar-refractivity contribution in [3.05, 3.63) is 29.0 Å². The number of aldehydes is 1. The monoisotopic (exact) mass is 336 g/mol. The summed E-state index contributed by atoms with van der Waals surface area (Å²) in [5.41, 5.74) is 0.260. The molecule has 2 rings (SSSR count). The molecule has 0 aromatic carbocycles. The maximum Gasteiger partial charge on any atom is 0.413 e. The third-order valence-corrected chi connectivity index (χ3v) is 3.00. The Morgan fingerprint density at radius 1 is 1.43 bits per heavy atom. The molecule has 1 aliphatic rings. The van der Waals surface area contributed by atoms with Gasteiger partial charge >= 0.3 is 6.09 Å². The molecule has 0 saturated carbocycles. The van der Waals surface area contributed by atoms with Crippen molar-refractivity contribution in [2.75, 3.05) is 0 Å². The van der Waals surface area contributed by atoms with Gasteiger partial charge in [0.25, 0.3) is 0 Å². The van der Waals surface area contributed by atoms with Gasteiger partial charge in [0.1, 0.15) is 16.5 Å². The van der Waals surface area contributed by atoms with Gasteiger partial charge in [-0.2, -0.15) is 0 Å². The predicted molar refractivity (Wildman–Crippen MR) is 86.8 cm³/mol. The standard InChI is InChI=1S/C15H17ClN4O3/c1-15(2,3)23-14(22)20(13-18-7-11(9-21)19-13)8-10-4-5-12(16)17-6-10/h4-7,9,13H,8H2,1-3H3. The molecular formula is C15H17ClN4O3. The van der Waals surface area contributed by atoms with Crippen molar-refractivity contribution < 1.29 is 14.3 Å². The minimum Gasteiger partial charge on any atom is -0.444 e. The van der Waals surface area contributed by atoms with Gasteiger partial charge in [0.15, 0.2) is 6.29 Å². The predicted octanol–water partition coefficient (Wildman–Crippen LogP) is 2.48. The first-order valence-electron chi connectivity index (χ1n) is 6.95. The van der Waals surface area contributed by atoms with Crippen LogP contribution in [0.1, 0.15) is 26.3 Å². The van der Waals surface area contributed by atoms with Crippen LogP contribution in [0.25, 0.3) is 0 Å². The Labute approximate surface area is 139 Å². The molecule has 0 spiro atoms. The van der Waals surface area contributed by atoms with Gasteiger partial charge in [-0.05, 0) is 32.4 Å². The third kappa shape index (κ3) is 4.85. The number of carbonyl (C=O) groups excluding carboxylic acids is 2. The van der Waals surface area contributed by atoms with E-state index in [1.165, 1.54) is 11.1 Å². The second-order valence-electron chi connectivity index (χ2n) is 5.89. The van der Waals surface area contributed by atoms with Crippen molar-refractivity contribution in [3.8, 4) is 0 Å². The van der Waals surface area contributed by atoms with E-state index >= 15 is 0 Å². The quantitative estimate of drug-likeness (QED) is 0.624. The number of rotatable bonds is 4. The van der Waals surface area contributed by atoms with Crippen LogP contribution < -0.4 is 0 Å². The van der Waals surface area contributed by atoms with Crippen LogP contribution in [0.15, 0.2) is 28.3 Å². The minimum absolute atomic E-state index is 0.177. The van der Waals surface area contributed by atoms with Gasteiger partial charge in [0, 0.05) is 6.20 Å². The molecule has 0 bridgehead atoms. The second kappa shape index (κ2) is 6.87. The number of nitrogens with zero attached hydrogens (tertiary/aromatic N) is 4. The molecule has 0 radical (unpaired) electrons. The highest BCUT2D eigenvalue weighted by Gasteiger charge is 2.29. The van der Waals surface area contributed by atoms with E-state index in [2.05, 4.69) is 15.0 Å². The lowest BCUT2D eigenvalue weighted by Gasteiger charge is -2.28. The maximum atomic E-state index is 12.4. The van der Waals surface area contributed by atoms with E-state index in [9.17, 15) is 9.59 Å². The Kier molecular flexibility index (Phi) is 5.10. The van der Waals surface area contributed by atoms with Gasteiger partial charge in [-0.1, -0.05) is 17.7 Å². The molecule has 122 valence electrons. The highest BCUT2D eigenvalue weighted by molar-refractivity contribution is 6.55. The van der Waals surface area contributed by atoms with E-state index < -0.39 is 18.0 Å². The fraction of sp³-hybridized carbons (Fsp3) is 0.400. The first-order valence-corrected chi connectivity index (χ1v) is 7.32. The van der Waals surface area contributed by atoms with E-state index in [0.29, 0.717) is 11.4 Å². The summed E-state index contributed by atoms with van der Waals surface area (Å²) < 4.78 is 5.39. The summed E-state index contributed by atoms with van der Waals surface area (Å²) in [5, 5.41) is 0.359. The number of pyridine rings is 1. The summed E-state index contributed by atoms with van der Waals surface area (Å²) in [6.07, 6.45) is 2.06. The summed E-state index contributed by atoms with van der Waals surface area (Å²) in [5.74, 6) is 0. The smallest absolute Gasteiger partial charge is 0.413 e. The van der Waals surface area contributed by atoms with Gasteiger partial charge in [0.05, 0.1) is 12.8 Å². The van der Waals surface area contributed by atoms with Crippen LogP contribution in [0.4, 0.5) is 4.79 Å². The Balaban J connectivity index is 2.22. The lowest BCUT2D eigenvalue weighted by Crippen LogP contribution is -2.41. The van der Waals surface area contributed by atoms with E-state index in [0.717, 1.165) is 5.56 Å². The van der Waals surface area contributed by atoms with Gasteiger partial charge < -0.3 is 4.74 Å². The number of aliphatic imine (C=N–C) groups is 2. The van der Waals surface area contributed by atoms with Crippen molar-refractivity contribution in [2.24, 2.45) is 9.98 Å². The molecule has 1 atom stereocenters. The molecular weight excluding hydrogens is 320 g/mol. The van der Waals surface area contributed by atoms with Crippen LogP contribution in [0.5, 0.6) is 0 Å². The number of aromatic nitrogens is 1. The summed E-state index contributed by atoms with van der Waals surface area (Å²) in [4.78, 5) is 36.7. The highest BCUT2D eigenvalue weighted by Crippen LogP contribution is 2.18. The molecule has 0 N–H and O–H groups in total. The van der Waals surface area contributed by atoms with Crippen molar-refractivity contribution in [3.63, 3.8) is 0 Å². The molecule has 23 heavy (non-hydrogen) atoms. The number of halogens is 1. The Bertz CT molecular complexity index is 650. The van der Waals surface area contributed by atoms with E-state index in [1.807, 2.05) is 0 Å². The summed E-state index contributed by atoms with van der Waals surface area (Å²) in [6, 6.07) is 3.37. The molecule has 1 aromatic rings. The lowest BCUT2D eigenvalue weighted by atomic mass is 10.2. The molecule has 1 unspecified atom stereocenters. The van der Waals surface area contributed by atoms with E-state index in [4.69, 9.17) is 16.3 Å². The van der Waals surface area contributed by atoms with Gasteiger partial charge in [-0.15, -0.1) is 0 Å². The Hall–Kier alpha value is -2.28. The molecule has 1 amide bonds.